The summed E-state index contributed by atoms with van der Waals surface area (Å²) in [5, 5.41) is 18.5. The summed E-state index contributed by atoms with van der Waals surface area (Å²) in [7, 11) is 1.50. The van der Waals surface area contributed by atoms with Gasteiger partial charge in [-0.2, -0.15) is 10.2 Å². The molecule has 0 atom stereocenters. The first-order chi connectivity index (χ1) is 15.4. The largest absolute Gasteiger partial charge is 0.493 e. The summed E-state index contributed by atoms with van der Waals surface area (Å²) in [4.78, 5) is 22.1. The van der Waals surface area contributed by atoms with E-state index >= 15 is 0 Å². The second-order valence-electron chi connectivity index (χ2n) is 6.67. The fourth-order valence-corrected chi connectivity index (χ4v) is 2.68. The second-order valence-corrected chi connectivity index (χ2v) is 6.67. The zero-order valence-corrected chi connectivity index (χ0v) is 17.3. The molecule has 3 rings (SSSR count). The van der Waals surface area contributed by atoms with Gasteiger partial charge in [0.15, 0.2) is 11.5 Å². The lowest BCUT2D eigenvalue weighted by Crippen LogP contribution is -2.24. The van der Waals surface area contributed by atoms with Crippen molar-refractivity contribution in [3.05, 3.63) is 81.9 Å². The van der Waals surface area contributed by atoms with E-state index in [1.54, 1.807) is 37.3 Å². The molecule has 3 aromatic rings. The fraction of sp³-hybridized carbons (Fsp3) is 0.190. The van der Waals surface area contributed by atoms with Crippen LogP contribution in [0.3, 0.4) is 0 Å². The number of nitro groups is 1. The van der Waals surface area contributed by atoms with Crippen LogP contribution in [0, 0.1) is 15.9 Å². The molecule has 1 heterocycles. The van der Waals surface area contributed by atoms with E-state index in [2.05, 4.69) is 15.6 Å². The van der Waals surface area contributed by atoms with Crippen LogP contribution in [0.1, 0.15) is 18.1 Å². The molecule has 0 fully saturated rings. The minimum atomic E-state index is -0.593. The Bertz CT molecular complexity index is 1140. The lowest BCUT2D eigenvalue weighted by atomic mass is 10.1. The van der Waals surface area contributed by atoms with Crippen LogP contribution in [-0.4, -0.2) is 33.4 Å². The Labute approximate surface area is 182 Å². The summed E-state index contributed by atoms with van der Waals surface area (Å²) in [5.41, 5.74) is 4.18. The maximum Gasteiger partial charge on any atom is 0.307 e. The van der Waals surface area contributed by atoms with Gasteiger partial charge in [-0.15, -0.1) is 0 Å². The Morgan fingerprint density at radius 1 is 1.25 bits per heavy atom. The molecule has 1 amide bonds. The van der Waals surface area contributed by atoms with Crippen molar-refractivity contribution in [2.24, 2.45) is 5.10 Å². The van der Waals surface area contributed by atoms with Crippen LogP contribution in [0.15, 0.2) is 60.0 Å². The molecule has 0 saturated heterocycles. The van der Waals surface area contributed by atoms with Crippen LogP contribution in [0.25, 0.3) is 0 Å². The number of methoxy groups -OCH3 is 1. The summed E-state index contributed by atoms with van der Waals surface area (Å²) in [6.07, 6.45) is 2.22. The number of aromatic nitrogens is 2. The van der Waals surface area contributed by atoms with Gasteiger partial charge in [-0.25, -0.2) is 9.82 Å². The summed E-state index contributed by atoms with van der Waals surface area (Å²) < 4.78 is 25.3. The molecule has 10 nitrogen and oxygen atoms in total. The van der Waals surface area contributed by atoms with Gasteiger partial charge in [0.2, 0.25) is 0 Å². The SMILES string of the molecule is COc1cc(/C(C)=N/NC(=O)Cn2cc([N+](=O)[O-])cn2)ccc1OCc1ccc(F)cc1. The third kappa shape index (κ3) is 5.88. The van der Waals surface area contributed by atoms with E-state index in [4.69, 9.17) is 9.47 Å². The molecule has 0 aliphatic carbocycles. The lowest BCUT2D eigenvalue weighted by molar-refractivity contribution is -0.385. The highest BCUT2D eigenvalue weighted by Crippen LogP contribution is 2.29. The normalized spacial score (nSPS) is 11.2. The molecular weight excluding hydrogens is 421 g/mol. The molecule has 32 heavy (non-hydrogen) atoms. The molecule has 1 aromatic heterocycles. The predicted octanol–water partition coefficient (Wildman–Crippen LogP) is 3.06. The molecule has 0 saturated carbocycles. The van der Waals surface area contributed by atoms with Crippen molar-refractivity contribution in [1.82, 2.24) is 15.2 Å². The Balaban J connectivity index is 1.61. The highest BCUT2D eigenvalue weighted by molar-refractivity contribution is 5.99. The van der Waals surface area contributed by atoms with E-state index in [0.717, 1.165) is 22.6 Å². The number of ether oxygens (including phenoxy) is 2. The maximum absolute atomic E-state index is 13.0. The van der Waals surface area contributed by atoms with Crippen molar-refractivity contribution in [3.63, 3.8) is 0 Å². The summed E-state index contributed by atoms with van der Waals surface area (Å²) >= 11 is 0. The topological polar surface area (TPSA) is 121 Å². The molecule has 1 N–H and O–H groups in total. The third-order valence-corrected chi connectivity index (χ3v) is 4.37. The van der Waals surface area contributed by atoms with E-state index in [0.29, 0.717) is 22.8 Å². The second kappa shape index (κ2) is 10.2. The molecule has 0 aliphatic heterocycles. The van der Waals surface area contributed by atoms with Crippen molar-refractivity contribution >= 4 is 17.3 Å². The number of rotatable bonds is 9. The van der Waals surface area contributed by atoms with Crippen LogP contribution < -0.4 is 14.9 Å². The van der Waals surface area contributed by atoms with Gasteiger partial charge in [-0.05, 0) is 42.8 Å². The standard InChI is InChI=1S/C21H20FN5O5/c1-14(24-25-21(28)12-26-11-18(10-23-26)27(29)30)16-5-8-19(20(9-16)31-2)32-13-15-3-6-17(22)7-4-15/h3-11H,12-13H2,1-2H3,(H,25,28)/b24-14+. The van der Waals surface area contributed by atoms with E-state index in [1.807, 2.05) is 0 Å². The molecule has 0 aliphatic rings. The molecule has 0 radical (unpaired) electrons. The quantitative estimate of drug-likeness (QED) is 0.310. The van der Waals surface area contributed by atoms with Crippen molar-refractivity contribution in [2.75, 3.05) is 7.11 Å². The van der Waals surface area contributed by atoms with Gasteiger partial charge in [-0.3, -0.25) is 19.6 Å². The summed E-state index contributed by atoms with van der Waals surface area (Å²) in [6, 6.07) is 11.2. The minimum absolute atomic E-state index is 0.202. The Kier molecular flexibility index (Phi) is 7.11. The Morgan fingerprint density at radius 3 is 2.66 bits per heavy atom. The summed E-state index contributed by atoms with van der Waals surface area (Å²) in [6.45, 7) is 1.72. The molecule has 11 heteroatoms. The summed E-state index contributed by atoms with van der Waals surface area (Å²) in [5.74, 6) is 0.157. The molecule has 0 bridgehead atoms. The number of carbonyl (C=O) groups is 1. The zero-order valence-electron chi connectivity index (χ0n) is 17.3. The van der Waals surface area contributed by atoms with Crippen molar-refractivity contribution < 1.29 is 23.6 Å². The number of hydrogen-bond donors (Lipinski definition) is 1. The average molecular weight is 441 g/mol. The van der Waals surface area contributed by atoms with E-state index in [-0.39, 0.29) is 24.7 Å². The van der Waals surface area contributed by atoms with Crippen molar-refractivity contribution in [2.45, 2.75) is 20.1 Å². The number of hydrogen-bond acceptors (Lipinski definition) is 7. The zero-order chi connectivity index (χ0) is 23.1. The minimum Gasteiger partial charge on any atom is -0.493 e. The highest BCUT2D eigenvalue weighted by Gasteiger charge is 2.12. The van der Waals surface area contributed by atoms with E-state index in [1.165, 1.54) is 19.2 Å². The number of nitrogens with zero attached hydrogens (tertiary/aromatic N) is 4. The molecule has 166 valence electrons. The molecule has 0 unspecified atom stereocenters. The monoisotopic (exact) mass is 441 g/mol. The average Bonchev–Trinajstić information content (AvgIpc) is 3.25. The van der Waals surface area contributed by atoms with Gasteiger partial charge in [0.25, 0.3) is 5.91 Å². The number of halogens is 1. The van der Waals surface area contributed by atoms with E-state index in [9.17, 15) is 19.3 Å². The van der Waals surface area contributed by atoms with Gasteiger partial charge in [0, 0.05) is 5.56 Å². The van der Waals surface area contributed by atoms with Crippen LogP contribution in [0.4, 0.5) is 10.1 Å². The van der Waals surface area contributed by atoms with E-state index < -0.39 is 10.8 Å². The van der Waals surface area contributed by atoms with Crippen molar-refractivity contribution in [1.29, 1.82) is 0 Å². The fourth-order valence-electron chi connectivity index (χ4n) is 2.68. The number of carbonyl (C=O) groups excluding carboxylic acids is 1. The number of amides is 1. The predicted molar refractivity (Wildman–Crippen MR) is 113 cm³/mol. The van der Waals surface area contributed by atoms with Gasteiger partial charge >= 0.3 is 5.69 Å². The van der Waals surface area contributed by atoms with Gasteiger partial charge in [0.1, 0.15) is 31.4 Å². The van der Waals surface area contributed by atoms with Crippen LogP contribution >= 0.6 is 0 Å². The number of nitrogens with one attached hydrogen (secondary N) is 1. The molecule has 2 aromatic carbocycles. The number of benzene rings is 2. The molecular formula is C21H20FN5O5. The molecule has 0 spiro atoms. The van der Waals surface area contributed by atoms with Crippen LogP contribution in [-0.2, 0) is 17.9 Å². The van der Waals surface area contributed by atoms with Gasteiger partial charge in [0.05, 0.1) is 17.7 Å². The Hall–Kier alpha value is -4.28. The lowest BCUT2D eigenvalue weighted by Gasteiger charge is -2.12. The smallest absolute Gasteiger partial charge is 0.307 e. The third-order valence-electron chi connectivity index (χ3n) is 4.37. The van der Waals surface area contributed by atoms with Gasteiger partial charge < -0.3 is 9.47 Å². The first-order valence-corrected chi connectivity index (χ1v) is 9.41. The first-order valence-electron chi connectivity index (χ1n) is 9.41. The van der Waals surface area contributed by atoms with Crippen LogP contribution in [0.5, 0.6) is 11.5 Å². The van der Waals surface area contributed by atoms with Crippen molar-refractivity contribution in [3.8, 4) is 11.5 Å². The van der Waals surface area contributed by atoms with Crippen LogP contribution in [0.2, 0.25) is 0 Å². The number of hydrazone groups is 1. The van der Waals surface area contributed by atoms with Gasteiger partial charge in [-0.1, -0.05) is 12.1 Å². The maximum atomic E-state index is 13.0. The Morgan fingerprint density at radius 2 is 2.00 bits per heavy atom. The highest BCUT2D eigenvalue weighted by atomic mass is 19.1. The first kappa shape index (κ1) is 22.4.